The summed E-state index contributed by atoms with van der Waals surface area (Å²) in [6.45, 7) is 0. The molecule has 1 heterocycles. The van der Waals surface area contributed by atoms with Gasteiger partial charge in [0.05, 0.1) is 11.0 Å². The van der Waals surface area contributed by atoms with Gasteiger partial charge in [-0.2, -0.15) is 0 Å². The Bertz CT molecular complexity index is 1560. The quantitative estimate of drug-likeness (QED) is 0.319. The van der Waals surface area contributed by atoms with Gasteiger partial charge in [-0.25, -0.2) is 4.39 Å². The van der Waals surface area contributed by atoms with E-state index in [2.05, 4.69) is 88.7 Å². The molecule has 0 radical (unpaired) electrons. The molecule has 6 rings (SSSR count). The third kappa shape index (κ3) is 3.03. The molecular weight excluding hydrogens is 383 g/mol. The third-order valence-electron chi connectivity index (χ3n) is 5.80. The zero-order valence-corrected chi connectivity index (χ0v) is 16.7. The van der Waals surface area contributed by atoms with Crippen LogP contribution in [0.5, 0.6) is 0 Å². The first-order valence-electron chi connectivity index (χ1n) is 10.3. The van der Waals surface area contributed by atoms with E-state index in [1.807, 2.05) is 18.2 Å². The lowest BCUT2D eigenvalue weighted by Crippen LogP contribution is -1.94. The summed E-state index contributed by atoms with van der Waals surface area (Å²) >= 11 is 0. The molecule has 0 amide bonds. The van der Waals surface area contributed by atoms with E-state index < -0.39 is 0 Å². The summed E-state index contributed by atoms with van der Waals surface area (Å²) in [6.07, 6.45) is 0. The van der Waals surface area contributed by atoms with Crippen LogP contribution in [0.4, 0.5) is 15.8 Å². The summed E-state index contributed by atoms with van der Waals surface area (Å²) in [5, 5.41) is 8.32. The zero-order valence-electron chi connectivity index (χ0n) is 16.7. The lowest BCUT2D eigenvalue weighted by Gasteiger charge is -2.10. The Kier molecular flexibility index (Phi) is 4.00. The molecule has 0 spiro atoms. The van der Waals surface area contributed by atoms with Gasteiger partial charge in [-0.1, -0.05) is 48.5 Å². The molecule has 0 aliphatic carbocycles. The Morgan fingerprint density at radius 3 is 2.10 bits per heavy atom. The molecule has 1 N–H and O–H groups in total. The second-order valence-corrected chi connectivity index (χ2v) is 7.75. The van der Waals surface area contributed by atoms with Crippen molar-refractivity contribution < 1.29 is 4.39 Å². The van der Waals surface area contributed by atoms with Gasteiger partial charge in [0.1, 0.15) is 5.82 Å². The summed E-state index contributed by atoms with van der Waals surface area (Å²) in [4.78, 5) is 0. The number of nitrogens with one attached hydrogen (secondary N) is 1. The zero-order chi connectivity index (χ0) is 20.8. The smallest absolute Gasteiger partial charge is 0.123 e. The van der Waals surface area contributed by atoms with Gasteiger partial charge in [0.2, 0.25) is 0 Å². The molecule has 0 bridgehead atoms. The summed E-state index contributed by atoms with van der Waals surface area (Å²) in [6, 6.07) is 36.2. The van der Waals surface area contributed by atoms with Crippen LogP contribution >= 0.6 is 0 Å². The van der Waals surface area contributed by atoms with Crippen LogP contribution in [0.2, 0.25) is 0 Å². The van der Waals surface area contributed by atoms with Crippen molar-refractivity contribution in [2.24, 2.45) is 0 Å². The molecule has 0 saturated carbocycles. The van der Waals surface area contributed by atoms with Crippen molar-refractivity contribution in [1.29, 1.82) is 0 Å². The van der Waals surface area contributed by atoms with Crippen LogP contribution in [-0.2, 0) is 0 Å². The summed E-state index contributed by atoms with van der Waals surface area (Å²) in [5.74, 6) is -0.230. The molecule has 0 aliphatic rings. The number of anilines is 2. The molecule has 6 aromatic rings. The molecule has 5 aromatic carbocycles. The summed E-state index contributed by atoms with van der Waals surface area (Å²) < 4.78 is 15.7. The fourth-order valence-electron chi connectivity index (χ4n) is 4.35. The predicted molar refractivity (Wildman–Crippen MR) is 128 cm³/mol. The topological polar surface area (TPSA) is 17.0 Å². The van der Waals surface area contributed by atoms with Crippen molar-refractivity contribution in [3.63, 3.8) is 0 Å². The Morgan fingerprint density at radius 2 is 1.23 bits per heavy atom. The van der Waals surface area contributed by atoms with Crippen molar-refractivity contribution in [2.45, 2.75) is 0 Å². The number of hydrogen-bond acceptors (Lipinski definition) is 1. The van der Waals surface area contributed by atoms with Gasteiger partial charge in [0, 0.05) is 27.8 Å². The molecule has 0 atom stereocenters. The Hall–Kier alpha value is -4.11. The minimum atomic E-state index is -0.230. The second kappa shape index (κ2) is 6.99. The lowest BCUT2D eigenvalue weighted by atomic mass is 10.1. The van der Waals surface area contributed by atoms with E-state index in [9.17, 15) is 4.39 Å². The van der Waals surface area contributed by atoms with Crippen molar-refractivity contribution >= 4 is 44.0 Å². The van der Waals surface area contributed by atoms with Crippen LogP contribution < -0.4 is 5.32 Å². The fourth-order valence-corrected chi connectivity index (χ4v) is 4.35. The predicted octanol–water partition coefficient (Wildman–Crippen LogP) is 7.82. The van der Waals surface area contributed by atoms with Gasteiger partial charge in [0.15, 0.2) is 0 Å². The minimum absolute atomic E-state index is 0.230. The molecule has 0 saturated heterocycles. The van der Waals surface area contributed by atoms with Gasteiger partial charge < -0.3 is 9.88 Å². The molecular formula is C28H19FN2. The van der Waals surface area contributed by atoms with E-state index in [4.69, 9.17) is 0 Å². The van der Waals surface area contributed by atoms with E-state index in [-0.39, 0.29) is 5.82 Å². The normalized spacial score (nSPS) is 11.4. The Morgan fingerprint density at radius 1 is 0.548 bits per heavy atom. The number of rotatable bonds is 3. The highest BCUT2D eigenvalue weighted by atomic mass is 19.1. The molecule has 3 heteroatoms. The van der Waals surface area contributed by atoms with Gasteiger partial charge in [-0.15, -0.1) is 0 Å². The standard InChI is InChI=1S/C28H19FN2/c29-21-10-14-24(15-11-21)31-27-8-4-3-7-25(27)26-18-23(13-16-28(26)31)30-22-12-9-19-5-1-2-6-20(19)17-22/h1-18,30H. The van der Waals surface area contributed by atoms with Crippen molar-refractivity contribution in [1.82, 2.24) is 4.57 Å². The fraction of sp³-hybridized carbons (Fsp3) is 0. The molecule has 2 nitrogen and oxygen atoms in total. The maximum Gasteiger partial charge on any atom is 0.123 e. The van der Waals surface area contributed by atoms with E-state index >= 15 is 0 Å². The van der Waals surface area contributed by atoms with Gasteiger partial charge >= 0.3 is 0 Å². The molecule has 0 aliphatic heterocycles. The van der Waals surface area contributed by atoms with Crippen molar-refractivity contribution in [3.05, 3.63) is 115 Å². The van der Waals surface area contributed by atoms with Gasteiger partial charge in [-0.3, -0.25) is 0 Å². The number of halogens is 1. The van der Waals surface area contributed by atoms with Crippen LogP contribution in [-0.4, -0.2) is 4.57 Å². The highest BCUT2D eigenvalue weighted by Gasteiger charge is 2.12. The minimum Gasteiger partial charge on any atom is -0.355 e. The third-order valence-corrected chi connectivity index (χ3v) is 5.80. The first-order chi connectivity index (χ1) is 15.3. The lowest BCUT2D eigenvalue weighted by molar-refractivity contribution is 0.627. The summed E-state index contributed by atoms with van der Waals surface area (Å²) in [7, 11) is 0. The van der Waals surface area contributed by atoms with Crippen LogP contribution in [0, 0.1) is 5.82 Å². The number of fused-ring (bicyclic) bond motifs is 4. The largest absolute Gasteiger partial charge is 0.355 e. The average Bonchev–Trinajstić information content (AvgIpc) is 3.13. The van der Waals surface area contributed by atoms with Crippen molar-refractivity contribution in [2.75, 3.05) is 5.32 Å². The number of para-hydroxylation sites is 1. The first-order valence-corrected chi connectivity index (χ1v) is 10.3. The highest BCUT2D eigenvalue weighted by Crippen LogP contribution is 2.34. The van der Waals surface area contributed by atoms with E-state index in [1.54, 1.807) is 0 Å². The molecule has 31 heavy (non-hydrogen) atoms. The van der Waals surface area contributed by atoms with Crippen LogP contribution in [0.1, 0.15) is 0 Å². The number of hydrogen-bond donors (Lipinski definition) is 1. The Labute approximate surface area is 179 Å². The first kappa shape index (κ1) is 17.7. The molecule has 1 aromatic heterocycles. The Balaban J connectivity index is 1.49. The number of benzene rings is 5. The van der Waals surface area contributed by atoms with Gasteiger partial charge in [-0.05, 0) is 71.4 Å². The van der Waals surface area contributed by atoms with E-state index in [0.717, 1.165) is 33.5 Å². The maximum atomic E-state index is 13.5. The van der Waals surface area contributed by atoms with Crippen LogP contribution in [0.3, 0.4) is 0 Å². The van der Waals surface area contributed by atoms with Crippen molar-refractivity contribution in [3.8, 4) is 5.69 Å². The molecule has 148 valence electrons. The monoisotopic (exact) mass is 402 g/mol. The van der Waals surface area contributed by atoms with Gasteiger partial charge in [0.25, 0.3) is 0 Å². The molecule has 0 unspecified atom stereocenters. The summed E-state index contributed by atoms with van der Waals surface area (Å²) in [5.41, 5.74) is 5.23. The average molecular weight is 402 g/mol. The highest BCUT2D eigenvalue weighted by molar-refractivity contribution is 6.10. The number of nitrogens with zero attached hydrogens (tertiary/aromatic N) is 1. The molecule has 0 fully saturated rings. The second-order valence-electron chi connectivity index (χ2n) is 7.75. The number of aromatic nitrogens is 1. The SMILES string of the molecule is Fc1ccc(-n2c3ccccc3c3cc(Nc4ccc5ccccc5c4)ccc32)cc1. The maximum absolute atomic E-state index is 13.5. The van der Waals surface area contributed by atoms with Crippen LogP contribution in [0.25, 0.3) is 38.3 Å². The van der Waals surface area contributed by atoms with E-state index in [0.29, 0.717) is 0 Å². The van der Waals surface area contributed by atoms with E-state index in [1.165, 1.54) is 28.3 Å². The van der Waals surface area contributed by atoms with Crippen LogP contribution in [0.15, 0.2) is 109 Å².